The molecule has 14 nitrogen and oxygen atoms in total. The van der Waals surface area contributed by atoms with Crippen molar-refractivity contribution in [2.45, 2.75) is 19.6 Å². The fourth-order valence-corrected chi connectivity index (χ4v) is 6.70. The van der Waals surface area contributed by atoms with Crippen LogP contribution in [0.4, 0.5) is 5.69 Å². The van der Waals surface area contributed by atoms with Gasteiger partial charge in [-0.15, -0.1) is 0 Å². The summed E-state index contributed by atoms with van der Waals surface area (Å²) in [4.78, 5) is -6.62. The topological polar surface area (TPSA) is 246 Å². The van der Waals surface area contributed by atoms with E-state index in [1.54, 1.807) is 0 Å². The summed E-state index contributed by atoms with van der Waals surface area (Å²) in [6, 6.07) is 0. The van der Waals surface area contributed by atoms with Gasteiger partial charge in [-0.3, -0.25) is 18.2 Å². The van der Waals surface area contributed by atoms with Crippen molar-refractivity contribution in [3.05, 3.63) is 10.00 Å². The summed E-state index contributed by atoms with van der Waals surface area (Å²) < 4.78 is 127. The minimum absolute atomic E-state index is 0. The highest BCUT2D eigenvalue weighted by molar-refractivity contribution is 7.90. The highest BCUT2D eigenvalue weighted by Crippen LogP contribution is 2.46. The molecule has 0 saturated heterocycles. The summed E-state index contributed by atoms with van der Waals surface area (Å²) in [5.74, 6) is 0. The Morgan fingerprint density at radius 2 is 0.885 bits per heavy atom. The Balaban J connectivity index is 0.00000625. The van der Waals surface area contributed by atoms with E-state index in [1.807, 2.05) is 4.98 Å². The van der Waals surface area contributed by atoms with Crippen LogP contribution in [0.25, 0.3) is 4.98 Å². The van der Waals surface area contributed by atoms with Crippen LogP contribution in [0.2, 0.25) is 5.02 Å². The Hall–Kier alpha value is -0.950. The number of halogens is 2. The molecule has 0 aromatic heterocycles. The van der Waals surface area contributed by atoms with Crippen LogP contribution in [-0.4, -0.2) is 51.9 Å². The molecule has 20 heteroatoms. The van der Waals surface area contributed by atoms with Gasteiger partial charge in [0.25, 0.3) is 20.2 Å². The standard InChI is InChI=1S/C6H3ClN2O12S4.BrH/c7-1-3(22(10,11)12)5(24(16,17)18)2(9-8)6(25(19,20)21)4(1)23(13,14)15;/h(H3-,10,11,12,13,14,15,16,17,18,19,20,21);1H. The average Bonchev–Trinajstić information content (AvgIpc) is 2.31. The predicted molar refractivity (Wildman–Crippen MR) is 75.5 cm³/mol. The van der Waals surface area contributed by atoms with Gasteiger partial charge < -0.3 is 17.0 Å². The Morgan fingerprint density at radius 1 is 0.654 bits per heavy atom. The van der Waals surface area contributed by atoms with Crippen molar-refractivity contribution < 1.29 is 68.9 Å². The third kappa shape index (κ3) is 4.66. The second-order valence-electron chi connectivity index (χ2n) is 3.98. The molecular formula is C6H4BrClN2O12S4. The molecule has 0 amide bonds. The second kappa shape index (κ2) is 7.23. The van der Waals surface area contributed by atoms with Crippen molar-refractivity contribution in [3.63, 3.8) is 0 Å². The smallest absolute Gasteiger partial charge is 0.429 e. The Bertz CT molecular complexity index is 1150. The van der Waals surface area contributed by atoms with Crippen LogP contribution in [0.3, 0.4) is 0 Å². The van der Waals surface area contributed by atoms with Gasteiger partial charge in [0.05, 0.1) is 5.02 Å². The second-order valence-corrected chi connectivity index (χ2v) is 9.79. The van der Waals surface area contributed by atoms with Crippen LogP contribution in [0.1, 0.15) is 0 Å². The summed E-state index contributed by atoms with van der Waals surface area (Å²) in [5, 5.41) is 6.84. The molecule has 0 unspecified atom stereocenters. The van der Waals surface area contributed by atoms with Crippen LogP contribution >= 0.6 is 11.6 Å². The lowest BCUT2D eigenvalue weighted by atomic mass is 10.3. The van der Waals surface area contributed by atoms with Crippen molar-refractivity contribution >= 4 is 57.8 Å². The maximum atomic E-state index is 11.3. The number of benzene rings is 1. The third-order valence-electron chi connectivity index (χ3n) is 2.37. The van der Waals surface area contributed by atoms with Gasteiger partial charge in [-0.1, -0.05) is 11.6 Å². The zero-order valence-corrected chi connectivity index (χ0v) is 16.9. The van der Waals surface area contributed by atoms with Gasteiger partial charge in [0.1, 0.15) is 9.79 Å². The molecule has 1 aromatic rings. The summed E-state index contributed by atoms with van der Waals surface area (Å²) in [5.41, 5.74) is -2.06. The first-order chi connectivity index (χ1) is 10.8. The lowest BCUT2D eigenvalue weighted by Crippen LogP contribution is -3.00. The van der Waals surface area contributed by atoms with Crippen molar-refractivity contribution in [1.82, 2.24) is 0 Å². The van der Waals surface area contributed by atoms with Crippen LogP contribution in [0.5, 0.6) is 0 Å². The molecule has 0 aliphatic rings. The van der Waals surface area contributed by atoms with Gasteiger partial charge in [0, 0.05) is 0 Å². The minimum atomic E-state index is -5.86. The van der Waals surface area contributed by atoms with Gasteiger partial charge in [-0.25, -0.2) is 0 Å². The van der Waals surface area contributed by atoms with Crippen molar-refractivity contribution in [1.29, 1.82) is 5.39 Å². The number of nitrogens with zero attached hydrogens (tertiary/aromatic N) is 2. The molecule has 0 fully saturated rings. The number of diazo groups is 1. The van der Waals surface area contributed by atoms with Gasteiger partial charge in [0.15, 0.2) is 4.98 Å². The maximum absolute atomic E-state index is 11.3. The van der Waals surface area contributed by atoms with Crippen molar-refractivity contribution in [2.75, 3.05) is 0 Å². The molecule has 0 spiro atoms. The molecule has 4 N–H and O–H groups in total. The molecule has 1 rings (SSSR count). The first-order valence-electron chi connectivity index (χ1n) is 4.99. The SMILES string of the molecule is N#[N+]c1c(S(=O)(=O)O)c(S(=O)(=O)O)c(Cl)c(S(=O)(=O)O)c1S(=O)(=O)O.[Br-]. The first-order valence-corrected chi connectivity index (χ1v) is 11.1. The summed E-state index contributed by atoms with van der Waals surface area (Å²) in [7, 11) is -23.4. The van der Waals surface area contributed by atoms with E-state index in [0.29, 0.717) is 0 Å². The quantitative estimate of drug-likeness (QED) is 0.218. The van der Waals surface area contributed by atoms with Gasteiger partial charge in [-0.2, -0.15) is 33.7 Å². The number of hydrogen-bond acceptors (Lipinski definition) is 9. The monoisotopic (exact) mass is 538 g/mol. The molecule has 0 aliphatic heterocycles. The molecule has 0 bridgehead atoms. The van der Waals surface area contributed by atoms with Gasteiger partial charge in [0.2, 0.25) is 15.2 Å². The Kier molecular flexibility index (Phi) is 6.96. The number of rotatable bonds is 4. The highest BCUT2D eigenvalue weighted by atomic mass is 79.9. The van der Waals surface area contributed by atoms with E-state index in [2.05, 4.69) is 0 Å². The summed E-state index contributed by atoms with van der Waals surface area (Å²) in [6.07, 6.45) is 0. The van der Waals surface area contributed by atoms with Crippen LogP contribution < -0.4 is 17.0 Å². The Morgan fingerprint density at radius 3 is 1.04 bits per heavy atom. The van der Waals surface area contributed by atoms with E-state index < -0.39 is 70.8 Å². The molecular weight excluding hydrogens is 536 g/mol. The fraction of sp³-hybridized carbons (Fsp3) is 0. The van der Waals surface area contributed by atoms with Crippen LogP contribution in [0.15, 0.2) is 19.6 Å². The Labute approximate surface area is 161 Å². The van der Waals surface area contributed by atoms with Crippen LogP contribution in [0, 0.1) is 5.39 Å². The van der Waals surface area contributed by atoms with Gasteiger partial charge >= 0.3 is 25.9 Å². The molecule has 0 aliphatic carbocycles. The van der Waals surface area contributed by atoms with E-state index in [1.165, 1.54) is 0 Å². The molecule has 26 heavy (non-hydrogen) atoms. The molecule has 0 saturated carbocycles. The normalized spacial score (nSPS) is 12.9. The predicted octanol–water partition coefficient (Wildman–Crippen LogP) is -3.18. The van der Waals surface area contributed by atoms with E-state index in [-0.39, 0.29) is 17.0 Å². The van der Waals surface area contributed by atoms with E-state index >= 15 is 0 Å². The van der Waals surface area contributed by atoms with Crippen LogP contribution in [-0.2, 0) is 40.5 Å². The zero-order chi connectivity index (χ0) is 20.2. The summed E-state index contributed by atoms with van der Waals surface area (Å²) >= 11 is 5.28. The minimum Gasteiger partial charge on any atom is -1.00 e. The zero-order valence-electron chi connectivity index (χ0n) is 11.3. The molecule has 1 aromatic carbocycles. The van der Waals surface area contributed by atoms with E-state index in [9.17, 15) is 33.7 Å². The first kappa shape index (κ1) is 25.1. The maximum Gasteiger partial charge on any atom is 0.429 e. The van der Waals surface area contributed by atoms with Crippen molar-refractivity contribution in [2.24, 2.45) is 0 Å². The lowest BCUT2D eigenvalue weighted by molar-refractivity contribution is -0.0000214. The van der Waals surface area contributed by atoms with Crippen molar-refractivity contribution in [3.8, 4) is 0 Å². The third-order valence-corrected chi connectivity index (χ3v) is 6.91. The average molecular weight is 540 g/mol. The summed E-state index contributed by atoms with van der Waals surface area (Å²) in [6.45, 7) is 0. The lowest BCUT2D eigenvalue weighted by Gasteiger charge is -2.11. The number of hydrogen-bond donors (Lipinski definition) is 4. The van der Waals surface area contributed by atoms with E-state index in [0.717, 1.165) is 0 Å². The largest absolute Gasteiger partial charge is 1.00 e. The highest BCUT2D eigenvalue weighted by Gasteiger charge is 2.48. The molecule has 0 atom stereocenters. The van der Waals surface area contributed by atoms with E-state index in [4.69, 9.17) is 35.2 Å². The molecule has 0 heterocycles. The van der Waals surface area contributed by atoms with Gasteiger partial charge in [-0.05, 0) is 0 Å². The molecule has 0 radical (unpaired) electrons. The fourth-order valence-electron chi connectivity index (χ4n) is 1.65. The molecule has 148 valence electrons.